The van der Waals surface area contributed by atoms with Crippen molar-refractivity contribution in [2.24, 2.45) is 0 Å². The molecule has 0 saturated heterocycles. The van der Waals surface area contributed by atoms with Gasteiger partial charge in [-0.25, -0.2) is 4.79 Å². The number of carboxylic acid groups (broad SMARTS) is 1. The zero-order valence-corrected chi connectivity index (χ0v) is 8.34. The van der Waals surface area contributed by atoms with Gasteiger partial charge in [0.15, 0.2) is 0 Å². The smallest absolute Gasteiger partial charge is 0.346 e. The zero-order chi connectivity index (χ0) is 11.6. The Hall–Kier alpha value is -2.22. The summed E-state index contributed by atoms with van der Waals surface area (Å²) < 4.78 is 0. The molecule has 0 aliphatic heterocycles. The summed E-state index contributed by atoms with van der Waals surface area (Å²) in [6.45, 7) is 0. The van der Waals surface area contributed by atoms with Crippen molar-refractivity contribution in [3.05, 3.63) is 44.0 Å². The molecule has 1 rings (SSSR count). The Morgan fingerprint density at radius 1 is 1.12 bits per heavy atom. The lowest BCUT2D eigenvalue weighted by Gasteiger charge is -1.96. The fourth-order valence-corrected chi connectivity index (χ4v) is 0.957. The van der Waals surface area contributed by atoms with Crippen molar-refractivity contribution in [3.8, 4) is 0 Å². The highest BCUT2D eigenvalue weighted by Gasteiger charge is 2.25. The van der Waals surface area contributed by atoms with Gasteiger partial charge in [-0.3, -0.25) is 20.2 Å². The molecule has 1 aromatic carbocycles. The van der Waals surface area contributed by atoms with Gasteiger partial charge in [-0.2, -0.15) is 0 Å². The van der Waals surface area contributed by atoms with Crippen LogP contribution < -0.4 is 0 Å². The van der Waals surface area contributed by atoms with Crippen LogP contribution in [0.5, 0.6) is 0 Å². The van der Waals surface area contributed by atoms with Crippen LogP contribution in [0.15, 0.2) is 18.2 Å². The van der Waals surface area contributed by atoms with Crippen molar-refractivity contribution in [1.82, 2.24) is 0 Å². The molecular weight excluding hydrogens is 244 g/mol. The van der Waals surface area contributed by atoms with Gasteiger partial charge in [-0.1, -0.05) is 0 Å². The van der Waals surface area contributed by atoms with E-state index >= 15 is 0 Å². The van der Waals surface area contributed by atoms with E-state index in [0.29, 0.717) is 6.07 Å². The second-order valence-electron chi connectivity index (χ2n) is 2.52. The summed E-state index contributed by atoms with van der Waals surface area (Å²) in [6, 6.07) is 2.38. The number of hydrogen-bond acceptors (Lipinski definition) is 5. The highest BCUT2D eigenvalue weighted by molar-refractivity contribution is 5.89. The molecule has 86 valence electrons. The molecule has 0 aromatic heterocycles. The van der Waals surface area contributed by atoms with E-state index in [4.69, 9.17) is 5.11 Å². The standard InChI is InChI=1S/C7H4N2O6.ClH/c10-7(11)4-1-2-5(8(12)13)6(3-4)9(14)15;/h1-3H,(H,10,11);1H. The summed E-state index contributed by atoms with van der Waals surface area (Å²) in [7, 11) is 0. The van der Waals surface area contributed by atoms with Crippen LogP contribution in [0.2, 0.25) is 0 Å². The third-order valence-corrected chi connectivity index (χ3v) is 1.62. The van der Waals surface area contributed by atoms with Gasteiger partial charge in [-0.05, 0) is 6.07 Å². The lowest BCUT2D eigenvalue weighted by atomic mass is 10.2. The number of carbonyl (C=O) groups is 1. The Balaban J connectivity index is 0.00000225. The van der Waals surface area contributed by atoms with E-state index in [2.05, 4.69) is 0 Å². The molecule has 0 amide bonds. The summed E-state index contributed by atoms with van der Waals surface area (Å²) in [4.78, 5) is 29.3. The number of nitro benzene ring substituents is 2. The lowest BCUT2D eigenvalue weighted by molar-refractivity contribution is -0.422. The second kappa shape index (κ2) is 5.03. The highest BCUT2D eigenvalue weighted by atomic mass is 35.5. The predicted octanol–water partition coefficient (Wildman–Crippen LogP) is 1.62. The Labute approximate surface area is 94.2 Å². The third kappa shape index (κ3) is 2.64. The molecule has 9 heteroatoms. The van der Waals surface area contributed by atoms with Crippen LogP contribution in [0.4, 0.5) is 11.4 Å². The molecule has 0 bridgehead atoms. The summed E-state index contributed by atoms with van der Waals surface area (Å²) in [6.07, 6.45) is 0. The number of halogens is 1. The lowest BCUT2D eigenvalue weighted by Crippen LogP contribution is -2.01. The number of nitro groups is 2. The first kappa shape index (κ1) is 13.8. The SMILES string of the molecule is Cl.O=C(O)c1ccc([N+](=O)[O-])c([N+](=O)[O-])c1. The Bertz CT molecular complexity index is 460. The van der Waals surface area contributed by atoms with Crippen LogP contribution in [-0.2, 0) is 0 Å². The van der Waals surface area contributed by atoms with Crippen molar-refractivity contribution in [2.45, 2.75) is 0 Å². The van der Waals surface area contributed by atoms with Gasteiger partial charge >= 0.3 is 17.3 Å². The molecule has 0 atom stereocenters. The first-order valence-corrected chi connectivity index (χ1v) is 3.59. The molecule has 1 aromatic rings. The Kier molecular flexibility index (Phi) is 4.33. The van der Waals surface area contributed by atoms with E-state index in [0.717, 1.165) is 12.1 Å². The molecule has 0 aliphatic carbocycles. The van der Waals surface area contributed by atoms with E-state index in [1.807, 2.05) is 0 Å². The predicted molar refractivity (Wildman–Crippen MR) is 54.0 cm³/mol. The average Bonchev–Trinajstić information content (AvgIpc) is 2.16. The minimum atomic E-state index is -1.38. The number of carboxylic acids is 1. The third-order valence-electron chi connectivity index (χ3n) is 1.62. The van der Waals surface area contributed by atoms with Gasteiger partial charge < -0.3 is 5.11 Å². The van der Waals surface area contributed by atoms with Crippen LogP contribution in [0.3, 0.4) is 0 Å². The van der Waals surface area contributed by atoms with Crippen molar-refractivity contribution >= 4 is 29.8 Å². The van der Waals surface area contributed by atoms with Crippen molar-refractivity contribution in [3.63, 3.8) is 0 Å². The first-order chi connectivity index (χ1) is 6.93. The number of aromatic carboxylic acids is 1. The Morgan fingerprint density at radius 3 is 2.00 bits per heavy atom. The van der Waals surface area contributed by atoms with Gasteiger partial charge in [0.25, 0.3) is 0 Å². The maximum atomic E-state index is 10.5. The van der Waals surface area contributed by atoms with E-state index < -0.39 is 27.2 Å². The topological polar surface area (TPSA) is 124 Å². The van der Waals surface area contributed by atoms with Crippen LogP contribution in [0, 0.1) is 20.2 Å². The summed E-state index contributed by atoms with van der Waals surface area (Å²) >= 11 is 0. The number of nitrogens with zero attached hydrogens (tertiary/aromatic N) is 2. The zero-order valence-electron chi connectivity index (χ0n) is 7.52. The van der Waals surface area contributed by atoms with Crippen molar-refractivity contribution < 1.29 is 19.7 Å². The maximum Gasteiger partial charge on any atom is 0.346 e. The quantitative estimate of drug-likeness (QED) is 0.640. The summed E-state index contributed by atoms with van der Waals surface area (Å²) in [5, 5.41) is 29.3. The summed E-state index contributed by atoms with van der Waals surface area (Å²) in [5.41, 5.74) is -1.93. The number of rotatable bonds is 3. The minimum Gasteiger partial charge on any atom is -0.478 e. The number of hydrogen-bond donors (Lipinski definition) is 1. The summed E-state index contributed by atoms with van der Waals surface area (Å²) in [5.74, 6) is -1.38. The van der Waals surface area contributed by atoms with E-state index in [9.17, 15) is 25.0 Å². The monoisotopic (exact) mass is 248 g/mol. The van der Waals surface area contributed by atoms with Crippen molar-refractivity contribution in [1.29, 1.82) is 0 Å². The van der Waals surface area contributed by atoms with Gasteiger partial charge in [-0.15, -0.1) is 12.4 Å². The molecule has 1 N–H and O–H groups in total. The molecule has 16 heavy (non-hydrogen) atoms. The average molecular weight is 249 g/mol. The van der Waals surface area contributed by atoms with Crippen molar-refractivity contribution in [2.75, 3.05) is 0 Å². The number of benzene rings is 1. The van der Waals surface area contributed by atoms with Crippen LogP contribution in [-0.4, -0.2) is 20.9 Å². The fourth-order valence-electron chi connectivity index (χ4n) is 0.957. The molecule has 0 spiro atoms. The van der Waals surface area contributed by atoms with Crippen LogP contribution >= 0.6 is 12.4 Å². The fraction of sp³-hybridized carbons (Fsp3) is 0. The molecule has 0 fully saturated rings. The Morgan fingerprint density at radius 2 is 1.62 bits per heavy atom. The maximum absolute atomic E-state index is 10.5. The van der Waals surface area contributed by atoms with Crippen LogP contribution in [0.1, 0.15) is 10.4 Å². The highest BCUT2D eigenvalue weighted by Crippen LogP contribution is 2.27. The minimum absolute atomic E-state index is 0. The van der Waals surface area contributed by atoms with E-state index in [1.165, 1.54) is 0 Å². The van der Waals surface area contributed by atoms with Gasteiger partial charge in [0, 0.05) is 12.1 Å². The molecule has 0 aliphatic rings. The van der Waals surface area contributed by atoms with Gasteiger partial charge in [0.2, 0.25) is 0 Å². The van der Waals surface area contributed by atoms with Gasteiger partial charge in [0.05, 0.1) is 15.4 Å². The molecule has 0 heterocycles. The largest absolute Gasteiger partial charge is 0.478 e. The molecule has 0 saturated carbocycles. The molecule has 0 unspecified atom stereocenters. The first-order valence-electron chi connectivity index (χ1n) is 3.59. The van der Waals surface area contributed by atoms with Crippen LogP contribution in [0.25, 0.3) is 0 Å². The molecule has 0 radical (unpaired) electrons. The molecular formula is C7H5ClN2O6. The second-order valence-corrected chi connectivity index (χ2v) is 2.52. The van der Waals surface area contributed by atoms with E-state index in [1.54, 1.807) is 0 Å². The van der Waals surface area contributed by atoms with E-state index in [-0.39, 0.29) is 18.0 Å². The molecule has 8 nitrogen and oxygen atoms in total. The van der Waals surface area contributed by atoms with Gasteiger partial charge in [0.1, 0.15) is 0 Å². The normalized spacial score (nSPS) is 9.00.